The van der Waals surface area contributed by atoms with E-state index in [1.807, 2.05) is 43.6 Å². The van der Waals surface area contributed by atoms with Crippen LogP contribution in [-0.2, 0) is 0 Å². The molecule has 0 bridgehead atoms. The van der Waals surface area contributed by atoms with E-state index in [-0.39, 0.29) is 5.54 Å². The molecule has 2 aromatic rings. The molecule has 3 rings (SSSR count). The van der Waals surface area contributed by atoms with Crippen LogP contribution in [0.5, 0.6) is 11.5 Å². The highest BCUT2D eigenvalue weighted by Crippen LogP contribution is 2.35. The maximum atomic E-state index is 5.88. The molecule has 0 radical (unpaired) electrons. The summed E-state index contributed by atoms with van der Waals surface area (Å²) >= 11 is 0. The SMILES string of the molecule is CNC1(COc2cncc(-c3ccc(OC)cc3)c2)CC1. The molecule has 1 aliphatic carbocycles. The fraction of sp³-hybridized carbons (Fsp3) is 0.353. The van der Waals surface area contributed by atoms with Gasteiger partial charge in [0.1, 0.15) is 18.1 Å². The summed E-state index contributed by atoms with van der Waals surface area (Å²) in [5.74, 6) is 1.66. The number of pyridine rings is 1. The van der Waals surface area contributed by atoms with E-state index in [2.05, 4.69) is 10.3 Å². The minimum absolute atomic E-state index is 0.177. The number of hydrogen-bond donors (Lipinski definition) is 1. The lowest BCUT2D eigenvalue weighted by atomic mass is 10.1. The van der Waals surface area contributed by atoms with Crippen LogP contribution < -0.4 is 14.8 Å². The number of rotatable bonds is 6. The molecule has 0 unspecified atom stereocenters. The molecular weight excluding hydrogens is 264 g/mol. The molecule has 110 valence electrons. The Balaban J connectivity index is 1.72. The van der Waals surface area contributed by atoms with Gasteiger partial charge in [-0.3, -0.25) is 4.98 Å². The first-order valence-corrected chi connectivity index (χ1v) is 7.16. The summed E-state index contributed by atoms with van der Waals surface area (Å²) < 4.78 is 11.1. The van der Waals surface area contributed by atoms with Crippen molar-refractivity contribution in [1.29, 1.82) is 0 Å². The van der Waals surface area contributed by atoms with Gasteiger partial charge in [0, 0.05) is 11.8 Å². The minimum Gasteiger partial charge on any atom is -0.497 e. The number of ether oxygens (including phenoxy) is 2. The molecule has 1 aliphatic rings. The molecule has 1 N–H and O–H groups in total. The van der Waals surface area contributed by atoms with E-state index in [0.29, 0.717) is 6.61 Å². The van der Waals surface area contributed by atoms with E-state index >= 15 is 0 Å². The zero-order valence-electron chi connectivity index (χ0n) is 12.4. The summed E-state index contributed by atoms with van der Waals surface area (Å²) in [5.41, 5.74) is 2.32. The first-order valence-electron chi connectivity index (χ1n) is 7.16. The average molecular weight is 284 g/mol. The summed E-state index contributed by atoms with van der Waals surface area (Å²) in [7, 11) is 3.66. The Morgan fingerprint density at radius 2 is 1.86 bits per heavy atom. The molecule has 1 aromatic carbocycles. The van der Waals surface area contributed by atoms with Crippen molar-refractivity contribution in [3.05, 3.63) is 42.7 Å². The van der Waals surface area contributed by atoms with Crippen molar-refractivity contribution in [1.82, 2.24) is 10.3 Å². The molecule has 0 saturated heterocycles. The third kappa shape index (κ3) is 3.16. The van der Waals surface area contributed by atoms with Crippen LogP contribution in [0.1, 0.15) is 12.8 Å². The number of nitrogens with one attached hydrogen (secondary N) is 1. The third-order valence-corrected chi connectivity index (χ3v) is 4.04. The Bertz CT molecular complexity index is 606. The van der Waals surface area contributed by atoms with Crippen molar-refractivity contribution >= 4 is 0 Å². The molecule has 1 aromatic heterocycles. The van der Waals surface area contributed by atoms with Crippen LogP contribution in [0.15, 0.2) is 42.7 Å². The maximum Gasteiger partial charge on any atom is 0.138 e. The number of aromatic nitrogens is 1. The van der Waals surface area contributed by atoms with Gasteiger partial charge in [-0.1, -0.05) is 12.1 Å². The standard InChI is InChI=1S/C17H20N2O2/c1-18-17(7-8-17)12-21-16-9-14(10-19-11-16)13-3-5-15(20-2)6-4-13/h3-6,9-11,18H,7-8,12H2,1-2H3. The molecule has 0 atom stereocenters. The van der Waals surface area contributed by atoms with Crippen molar-refractivity contribution in [2.75, 3.05) is 20.8 Å². The van der Waals surface area contributed by atoms with Crippen molar-refractivity contribution in [2.45, 2.75) is 18.4 Å². The Labute approximate surface area is 125 Å². The topological polar surface area (TPSA) is 43.4 Å². The molecular formula is C17H20N2O2. The van der Waals surface area contributed by atoms with Crippen LogP contribution >= 0.6 is 0 Å². The largest absolute Gasteiger partial charge is 0.497 e. The van der Waals surface area contributed by atoms with E-state index in [1.54, 1.807) is 13.3 Å². The molecule has 0 spiro atoms. The van der Waals surface area contributed by atoms with Gasteiger partial charge >= 0.3 is 0 Å². The molecule has 21 heavy (non-hydrogen) atoms. The van der Waals surface area contributed by atoms with E-state index in [1.165, 1.54) is 12.8 Å². The minimum atomic E-state index is 0.177. The van der Waals surface area contributed by atoms with Gasteiger partial charge in [0.15, 0.2) is 0 Å². The molecule has 4 nitrogen and oxygen atoms in total. The lowest BCUT2D eigenvalue weighted by Crippen LogP contribution is -2.33. The summed E-state index contributed by atoms with van der Waals surface area (Å²) in [5, 5.41) is 3.32. The predicted octanol–water partition coefficient (Wildman–Crippen LogP) is 2.89. The summed E-state index contributed by atoms with van der Waals surface area (Å²) in [6.07, 6.45) is 5.96. The Hall–Kier alpha value is -2.07. The molecule has 1 fully saturated rings. The van der Waals surface area contributed by atoms with Gasteiger partial charge in [-0.25, -0.2) is 0 Å². The highest BCUT2D eigenvalue weighted by atomic mass is 16.5. The van der Waals surface area contributed by atoms with Gasteiger partial charge in [-0.15, -0.1) is 0 Å². The van der Waals surface area contributed by atoms with Crippen LogP contribution in [0.25, 0.3) is 11.1 Å². The Kier molecular flexibility index (Phi) is 3.80. The fourth-order valence-electron chi connectivity index (χ4n) is 2.28. The highest BCUT2D eigenvalue weighted by Gasteiger charge is 2.41. The second-order valence-electron chi connectivity index (χ2n) is 5.46. The quantitative estimate of drug-likeness (QED) is 0.886. The van der Waals surface area contributed by atoms with Gasteiger partial charge in [0.2, 0.25) is 0 Å². The van der Waals surface area contributed by atoms with E-state index in [9.17, 15) is 0 Å². The molecule has 0 amide bonds. The van der Waals surface area contributed by atoms with Crippen molar-refractivity contribution in [3.63, 3.8) is 0 Å². The van der Waals surface area contributed by atoms with Gasteiger partial charge in [0.05, 0.1) is 18.8 Å². The molecule has 4 heteroatoms. The van der Waals surface area contributed by atoms with Crippen LogP contribution in [0.3, 0.4) is 0 Å². The lowest BCUT2D eigenvalue weighted by molar-refractivity contribution is 0.259. The van der Waals surface area contributed by atoms with Crippen LogP contribution in [0, 0.1) is 0 Å². The number of benzene rings is 1. The smallest absolute Gasteiger partial charge is 0.138 e. The first kappa shape index (κ1) is 13.9. The van der Waals surface area contributed by atoms with Crippen LogP contribution in [-0.4, -0.2) is 31.3 Å². The van der Waals surface area contributed by atoms with Crippen LogP contribution in [0.2, 0.25) is 0 Å². The average Bonchev–Trinajstić information content (AvgIpc) is 3.34. The normalized spacial score (nSPS) is 15.5. The number of methoxy groups -OCH3 is 1. The maximum absolute atomic E-state index is 5.88. The summed E-state index contributed by atoms with van der Waals surface area (Å²) in [6, 6.07) is 9.97. The fourth-order valence-corrected chi connectivity index (χ4v) is 2.28. The zero-order valence-corrected chi connectivity index (χ0v) is 12.4. The number of nitrogens with zero attached hydrogens (tertiary/aromatic N) is 1. The summed E-state index contributed by atoms with van der Waals surface area (Å²) in [4.78, 5) is 4.27. The van der Waals surface area contributed by atoms with Gasteiger partial charge in [-0.2, -0.15) is 0 Å². The van der Waals surface area contributed by atoms with E-state index in [4.69, 9.17) is 9.47 Å². The monoisotopic (exact) mass is 284 g/mol. The molecule has 0 aliphatic heterocycles. The Morgan fingerprint density at radius 1 is 1.10 bits per heavy atom. The van der Waals surface area contributed by atoms with Gasteiger partial charge < -0.3 is 14.8 Å². The van der Waals surface area contributed by atoms with Crippen molar-refractivity contribution in [3.8, 4) is 22.6 Å². The number of likely N-dealkylation sites (N-methyl/N-ethyl adjacent to an activating group) is 1. The summed E-state index contributed by atoms with van der Waals surface area (Å²) in [6.45, 7) is 0.692. The molecule has 1 saturated carbocycles. The van der Waals surface area contributed by atoms with Crippen LogP contribution in [0.4, 0.5) is 0 Å². The predicted molar refractivity (Wildman–Crippen MR) is 82.7 cm³/mol. The van der Waals surface area contributed by atoms with Crippen molar-refractivity contribution in [2.24, 2.45) is 0 Å². The second kappa shape index (κ2) is 5.74. The zero-order chi connectivity index (χ0) is 14.7. The van der Waals surface area contributed by atoms with Gasteiger partial charge in [-0.05, 0) is 43.7 Å². The van der Waals surface area contributed by atoms with Gasteiger partial charge in [0.25, 0.3) is 0 Å². The molecule has 1 heterocycles. The van der Waals surface area contributed by atoms with Crippen molar-refractivity contribution < 1.29 is 9.47 Å². The second-order valence-corrected chi connectivity index (χ2v) is 5.46. The number of hydrogen-bond acceptors (Lipinski definition) is 4. The third-order valence-electron chi connectivity index (χ3n) is 4.04. The van der Waals surface area contributed by atoms with E-state index in [0.717, 1.165) is 22.6 Å². The Morgan fingerprint density at radius 3 is 2.48 bits per heavy atom. The lowest BCUT2D eigenvalue weighted by Gasteiger charge is -2.15. The van der Waals surface area contributed by atoms with E-state index < -0.39 is 0 Å². The first-order chi connectivity index (χ1) is 10.2. The highest BCUT2D eigenvalue weighted by molar-refractivity contribution is 5.64.